The van der Waals surface area contributed by atoms with Crippen molar-refractivity contribution in [3.05, 3.63) is 28.7 Å². The Morgan fingerprint density at radius 2 is 1.77 bits per heavy atom. The van der Waals surface area contributed by atoms with E-state index >= 15 is 0 Å². The van der Waals surface area contributed by atoms with Crippen molar-refractivity contribution in [2.24, 2.45) is 14.1 Å². The number of aromatic nitrogens is 2. The summed E-state index contributed by atoms with van der Waals surface area (Å²) in [7, 11) is -0.199. The lowest BCUT2D eigenvalue weighted by molar-refractivity contribution is 0.432. The van der Waals surface area contributed by atoms with Crippen LogP contribution in [0.15, 0.2) is 27.9 Å². The maximum atomic E-state index is 12.8. The molecule has 0 spiro atoms. The van der Waals surface area contributed by atoms with E-state index in [0.717, 1.165) is 18.5 Å². The van der Waals surface area contributed by atoms with Gasteiger partial charge in [0.1, 0.15) is 0 Å². The van der Waals surface area contributed by atoms with Gasteiger partial charge in [-0.25, -0.2) is 13.2 Å². The third kappa shape index (κ3) is 2.37. The fourth-order valence-corrected chi connectivity index (χ4v) is 4.36. The molecule has 0 atom stereocenters. The zero-order valence-electron chi connectivity index (χ0n) is 12.7. The van der Waals surface area contributed by atoms with E-state index in [4.69, 9.17) is 0 Å². The van der Waals surface area contributed by atoms with Crippen molar-refractivity contribution >= 4 is 21.1 Å². The molecule has 1 aromatic carbocycles. The Labute approximate surface area is 129 Å². The number of hydrogen-bond acceptors (Lipinski definition) is 4. The van der Waals surface area contributed by atoms with E-state index in [0.29, 0.717) is 25.2 Å². The number of nitrogens with one attached hydrogen (secondary N) is 1. The van der Waals surface area contributed by atoms with Gasteiger partial charge in [0.25, 0.3) is 0 Å². The number of benzene rings is 1. The fourth-order valence-electron chi connectivity index (χ4n) is 2.86. The lowest BCUT2D eigenvalue weighted by Gasteiger charge is -2.19. The molecule has 2 aromatic rings. The van der Waals surface area contributed by atoms with Crippen LogP contribution >= 0.6 is 0 Å². The Balaban J connectivity index is 2.09. The van der Waals surface area contributed by atoms with Gasteiger partial charge in [0.05, 0.1) is 15.9 Å². The van der Waals surface area contributed by atoms with Crippen LogP contribution in [0.3, 0.4) is 0 Å². The number of hydrogen-bond donors (Lipinski definition) is 1. The van der Waals surface area contributed by atoms with Gasteiger partial charge in [0, 0.05) is 33.7 Å². The molecule has 1 aliphatic rings. The van der Waals surface area contributed by atoms with Crippen LogP contribution in [-0.4, -0.2) is 48.0 Å². The Morgan fingerprint density at radius 3 is 2.55 bits per heavy atom. The molecule has 1 saturated heterocycles. The quantitative estimate of drug-likeness (QED) is 0.834. The first kappa shape index (κ1) is 15.3. The van der Waals surface area contributed by atoms with Gasteiger partial charge in [-0.2, -0.15) is 4.31 Å². The Kier molecular flexibility index (Phi) is 3.84. The summed E-state index contributed by atoms with van der Waals surface area (Å²) >= 11 is 0. The second kappa shape index (κ2) is 5.53. The molecule has 1 aliphatic heterocycles. The minimum atomic E-state index is -3.53. The normalized spacial score (nSPS) is 17.7. The van der Waals surface area contributed by atoms with Gasteiger partial charge in [-0.1, -0.05) is 0 Å². The van der Waals surface area contributed by atoms with Crippen LogP contribution in [0.1, 0.15) is 6.42 Å². The van der Waals surface area contributed by atoms with Crippen LogP contribution in [0, 0.1) is 0 Å². The zero-order valence-corrected chi connectivity index (χ0v) is 13.6. The highest BCUT2D eigenvalue weighted by atomic mass is 32.2. The molecule has 1 fully saturated rings. The van der Waals surface area contributed by atoms with Crippen LogP contribution in [0.5, 0.6) is 0 Å². The van der Waals surface area contributed by atoms with E-state index < -0.39 is 10.0 Å². The van der Waals surface area contributed by atoms with E-state index in [1.165, 1.54) is 13.4 Å². The molecule has 120 valence electrons. The minimum absolute atomic E-state index is 0.163. The van der Waals surface area contributed by atoms with Crippen LogP contribution in [0.25, 0.3) is 11.0 Å². The van der Waals surface area contributed by atoms with Crippen molar-refractivity contribution in [2.75, 3.05) is 26.2 Å². The SMILES string of the molecule is Cn1c(=O)n(C)c2cc(S(=O)(=O)N3CCCNCC3)ccc21. The molecule has 0 radical (unpaired) electrons. The van der Waals surface area contributed by atoms with Gasteiger partial charge in [0.2, 0.25) is 10.0 Å². The number of imidazole rings is 1. The Morgan fingerprint density at radius 1 is 1.05 bits per heavy atom. The average molecular weight is 324 g/mol. The third-order valence-corrected chi connectivity index (χ3v) is 6.07. The highest BCUT2D eigenvalue weighted by molar-refractivity contribution is 7.89. The van der Waals surface area contributed by atoms with Gasteiger partial charge in [0.15, 0.2) is 0 Å². The van der Waals surface area contributed by atoms with Crippen LogP contribution in [0.2, 0.25) is 0 Å². The maximum absolute atomic E-state index is 12.8. The molecule has 3 rings (SSSR count). The molecule has 0 aliphatic carbocycles. The molecular weight excluding hydrogens is 304 g/mol. The zero-order chi connectivity index (χ0) is 15.9. The summed E-state index contributed by atoms with van der Waals surface area (Å²) in [6, 6.07) is 4.86. The summed E-state index contributed by atoms with van der Waals surface area (Å²) in [4.78, 5) is 12.2. The highest BCUT2D eigenvalue weighted by Crippen LogP contribution is 2.21. The van der Waals surface area contributed by atoms with Crippen molar-refractivity contribution in [1.29, 1.82) is 0 Å². The van der Waals surface area contributed by atoms with E-state index in [1.54, 1.807) is 32.3 Å². The molecule has 8 heteroatoms. The number of rotatable bonds is 2. The number of nitrogens with zero attached hydrogens (tertiary/aromatic N) is 3. The Hall–Kier alpha value is -1.64. The fraction of sp³-hybridized carbons (Fsp3) is 0.500. The van der Waals surface area contributed by atoms with Gasteiger partial charge < -0.3 is 5.32 Å². The summed E-state index contributed by atoms with van der Waals surface area (Å²) in [5.41, 5.74) is 1.19. The lowest BCUT2D eigenvalue weighted by atomic mass is 10.3. The first-order valence-electron chi connectivity index (χ1n) is 7.29. The summed E-state index contributed by atoms with van der Waals surface area (Å²) in [5, 5.41) is 3.20. The molecule has 22 heavy (non-hydrogen) atoms. The molecule has 0 bridgehead atoms. The van der Waals surface area contributed by atoms with Crippen molar-refractivity contribution in [2.45, 2.75) is 11.3 Å². The third-order valence-electron chi connectivity index (χ3n) is 4.18. The summed E-state index contributed by atoms with van der Waals surface area (Å²) < 4.78 is 30.1. The van der Waals surface area contributed by atoms with Crippen molar-refractivity contribution in [3.63, 3.8) is 0 Å². The van der Waals surface area contributed by atoms with Gasteiger partial charge >= 0.3 is 5.69 Å². The smallest absolute Gasteiger partial charge is 0.315 e. The molecular formula is C14H20N4O3S. The summed E-state index contributed by atoms with van der Waals surface area (Å²) in [6.07, 6.45) is 0.797. The van der Waals surface area contributed by atoms with Crippen molar-refractivity contribution in [1.82, 2.24) is 18.8 Å². The number of sulfonamides is 1. The summed E-state index contributed by atoms with van der Waals surface area (Å²) in [6.45, 7) is 2.47. The van der Waals surface area contributed by atoms with Crippen molar-refractivity contribution < 1.29 is 8.42 Å². The minimum Gasteiger partial charge on any atom is -0.315 e. The van der Waals surface area contributed by atoms with E-state index in [1.807, 2.05) is 0 Å². The summed E-state index contributed by atoms with van der Waals surface area (Å²) in [5.74, 6) is 0. The molecule has 0 saturated carbocycles. The molecule has 0 unspecified atom stereocenters. The average Bonchev–Trinajstić information content (AvgIpc) is 2.75. The maximum Gasteiger partial charge on any atom is 0.328 e. The van der Waals surface area contributed by atoms with Crippen molar-refractivity contribution in [3.8, 4) is 0 Å². The second-order valence-electron chi connectivity index (χ2n) is 5.56. The van der Waals surface area contributed by atoms with E-state index in [9.17, 15) is 13.2 Å². The standard InChI is InChI=1S/C14H20N4O3S/c1-16-12-5-4-11(10-13(12)17(2)14(16)19)22(20,21)18-8-3-6-15-7-9-18/h4-5,10,15H,3,6-9H2,1-2H3. The van der Waals surface area contributed by atoms with E-state index in [-0.39, 0.29) is 10.6 Å². The Bertz CT molecular complexity index is 858. The lowest BCUT2D eigenvalue weighted by Crippen LogP contribution is -2.34. The molecule has 1 N–H and O–H groups in total. The van der Waals surface area contributed by atoms with E-state index in [2.05, 4.69) is 5.32 Å². The predicted octanol–water partition coefficient (Wildman–Crippen LogP) is -0.139. The molecule has 2 heterocycles. The number of fused-ring (bicyclic) bond motifs is 1. The monoisotopic (exact) mass is 324 g/mol. The van der Waals surface area contributed by atoms with Gasteiger partial charge in [-0.05, 0) is 31.2 Å². The molecule has 1 aromatic heterocycles. The predicted molar refractivity (Wildman–Crippen MR) is 84.4 cm³/mol. The largest absolute Gasteiger partial charge is 0.328 e. The second-order valence-corrected chi connectivity index (χ2v) is 7.50. The van der Waals surface area contributed by atoms with Crippen LogP contribution < -0.4 is 11.0 Å². The first-order chi connectivity index (χ1) is 10.4. The topological polar surface area (TPSA) is 76.3 Å². The molecule has 0 amide bonds. The molecule has 7 nitrogen and oxygen atoms in total. The first-order valence-corrected chi connectivity index (χ1v) is 8.73. The number of aryl methyl sites for hydroxylation is 2. The van der Waals surface area contributed by atoms with Crippen LogP contribution in [0.4, 0.5) is 0 Å². The van der Waals surface area contributed by atoms with Gasteiger partial charge in [-0.3, -0.25) is 9.13 Å². The van der Waals surface area contributed by atoms with Gasteiger partial charge in [-0.15, -0.1) is 0 Å². The van der Waals surface area contributed by atoms with Crippen LogP contribution in [-0.2, 0) is 24.1 Å². The highest BCUT2D eigenvalue weighted by Gasteiger charge is 2.25.